The first-order chi connectivity index (χ1) is 11.6. The number of ether oxygens (including phenoxy) is 1. The summed E-state index contributed by atoms with van der Waals surface area (Å²) < 4.78 is 30.4. The summed E-state index contributed by atoms with van der Waals surface area (Å²) in [5.74, 6) is 0.761. The Hall–Kier alpha value is -2.15. The van der Waals surface area contributed by atoms with E-state index in [1.54, 1.807) is 13.2 Å². The minimum absolute atomic E-state index is 0.614. The van der Waals surface area contributed by atoms with E-state index in [-0.39, 0.29) is 0 Å². The van der Waals surface area contributed by atoms with Crippen molar-refractivity contribution in [3.63, 3.8) is 0 Å². The van der Waals surface area contributed by atoms with E-state index in [0.29, 0.717) is 11.4 Å². The van der Waals surface area contributed by atoms with Crippen molar-refractivity contribution in [1.82, 2.24) is 0 Å². The Bertz CT molecular complexity index is 876. The molecular weight excluding hydrogens is 342 g/mol. The normalized spacial score (nSPS) is 12.0. The largest absolute Gasteiger partial charge is 0.755 e. The molecule has 0 spiro atoms. The average Bonchev–Trinajstić information content (AvgIpc) is 3.06. The van der Waals surface area contributed by atoms with Gasteiger partial charge in [0.15, 0.2) is 0 Å². The molecule has 0 aliphatic carbocycles. The van der Waals surface area contributed by atoms with Crippen molar-refractivity contribution in [1.29, 1.82) is 0 Å². The molecule has 24 heavy (non-hydrogen) atoms. The van der Waals surface area contributed by atoms with Crippen LogP contribution in [0.3, 0.4) is 0 Å². The Kier molecular flexibility index (Phi) is 4.99. The van der Waals surface area contributed by atoms with Crippen LogP contribution in [0.25, 0.3) is 10.4 Å². The molecule has 2 aromatic carbocycles. The summed E-state index contributed by atoms with van der Waals surface area (Å²) in [6.45, 7) is 1.89. The van der Waals surface area contributed by atoms with E-state index < -0.39 is 11.3 Å². The predicted molar refractivity (Wildman–Crippen MR) is 98.5 cm³/mol. The van der Waals surface area contributed by atoms with Gasteiger partial charge in [-0.25, -0.2) is 0 Å². The second-order valence-electron chi connectivity index (χ2n) is 5.17. The predicted octanol–water partition coefficient (Wildman–Crippen LogP) is 4.66. The minimum Gasteiger partial charge on any atom is -0.755 e. The van der Waals surface area contributed by atoms with Crippen molar-refractivity contribution in [3.05, 3.63) is 65.5 Å². The first kappa shape index (κ1) is 16.7. The van der Waals surface area contributed by atoms with Crippen LogP contribution in [-0.4, -0.2) is 15.9 Å². The number of anilines is 2. The van der Waals surface area contributed by atoms with Crippen molar-refractivity contribution < 1.29 is 13.5 Å². The van der Waals surface area contributed by atoms with Crippen LogP contribution in [0.5, 0.6) is 5.75 Å². The van der Waals surface area contributed by atoms with Crippen LogP contribution in [0, 0.1) is 6.92 Å². The molecule has 1 atom stereocenters. The summed E-state index contributed by atoms with van der Waals surface area (Å²) in [4.78, 5) is 0.950. The van der Waals surface area contributed by atoms with E-state index in [2.05, 4.69) is 0 Å². The monoisotopic (exact) mass is 358 g/mol. The molecule has 6 heteroatoms. The number of aryl methyl sites for hydroxylation is 1. The Morgan fingerprint density at radius 1 is 1.12 bits per heavy atom. The molecule has 0 saturated heterocycles. The van der Waals surface area contributed by atoms with Crippen LogP contribution >= 0.6 is 11.3 Å². The summed E-state index contributed by atoms with van der Waals surface area (Å²) in [5.41, 5.74) is 3.10. The van der Waals surface area contributed by atoms with Crippen LogP contribution in [0.1, 0.15) is 5.56 Å². The molecule has 3 rings (SSSR count). The maximum atomic E-state index is 11.8. The minimum atomic E-state index is -2.41. The van der Waals surface area contributed by atoms with Gasteiger partial charge in [0.25, 0.3) is 0 Å². The number of hydrogen-bond acceptors (Lipinski definition) is 4. The molecule has 0 N–H and O–H groups in total. The maximum Gasteiger partial charge on any atom is 0.127 e. The average molecular weight is 358 g/mol. The van der Waals surface area contributed by atoms with Crippen LogP contribution in [0.15, 0.2) is 60.0 Å². The van der Waals surface area contributed by atoms with Gasteiger partial charge in [-0.15, -0.1) is 11.3 Å². The van der Waals surface area contributed by atoms with Crippen molar-refractivity contribution in [2.45, 2.75) is 6.92 Å². The van der Waals surface area contributed by atoms with Gasteiger partial charge in [0.2, 0.25) is 0 Å². The molecule has 1 heterocycles. The topological polar surface area (TPSA) is 52.6 Å². The molecule has 0 fully saturated rings. The van der Waals surface area contributed by atoms with E-state index in [9.17, 15) is 8.76 Å². The molecule has 1 unspecified atom stereocenters. The summed E-state index contributed by atoms with van der Waals surface area (Å²) in [6, 6.07) is 17.0. The van der Waals surface area contributed by atoms with Crippen molar-refractivity contribution in [2.24, 2.45) is 0 Å². The fourth-order valence-corrected chi connectivity index (χ4v) is 4.13. The quantitative estimate of drug-likeness (QED) is 0.623. The highest BCUT2D eigenvalue weighted by Gasteiger charge is 2.16. The number of thiophene rings is 1. The first-order valence-corrected chi connectivity index (χ1v) is 9.20. The van der Waals surface area contributed by atoms with Gasteiger partial charge in [0.05, 0.1) is 29.8 Å². The number of para-hydroxylation sites is 2. The second kappa shape index (κ2) is 7.17. The maximum absolute atomic E-state index is 11.8. The van der Waals surface area contributed by atoms with Gasteiger partial charge in [0, 0.05) is 15.8 Å². The molecule has 124 valence electrons. The summed E-state index contributed by atoms with van der Waals surface area (Å²) >= 11 is -0.924. The third kappa shape index (κ3) is 3.21. The van der Waals surface area contributed by atoms with Crippen molar-refractivity contribution in [3.8, 4) is 16.2 Å². The SMILES string of the molecule is COc1ccccc1-c1cc(N(c2ccccc2C)S(=O)[O-])cs1. The van der Waals surface area contributed by atoms with E-state index in [4.69, 9.17) is 4.74 Å². The van der Waals surface area contributed by atoms with Gasteiger partial charge in [-0.2, -0.15) is 0 Å². The number of methoxy groups -OCH3 is 1. The van der Waals surface area contributed by atoms with Gasteiger partial charge in [-0.1, -0.05) is 30.3 Å². The van der Waals surface area contributed by atoms with Gasteiger partial charge in [-0.3, -0.25) is 8.51 Å². The van der Waals surface area contributed by atoms with Crippen LogP contribution in [0.2, 0.25) is 0 Å². The zero-order chi connectivity index (χ0) is 17.1. The van der Waals surface area contributed by atoms with E-state index in [0.717, 1.165) is 21.8 Å². The highest BCUT2D eigenvalue weighted by molar-refractivity contribution is 7.81. The zero-order valence-corrected chi connectivity index (χ0v) is 14.9. The summed E-state index contributed by atoms with van der Waals surface area (Å²) in [6.07, 6.45) is 0. The molecule has 0 amide bonds. The Labute approximate surface area is 147 Å². The van der Waals surface area contributed by atoms with Crippen LogP contribution in [-0.2, 0) is 11.3 Å². The molecule has 3 aromatic rings. The summed E-state index contributed by atoms with van der Waals surface area (Å²) in [5, 5.41) is 1.84. The molecule has 0 radical (unpaired) electrons. The third-order valence-electron chi connectivity index (χ3n) is 3.68. The van der Waals surface area contributed by atoms with Crippen molar-refractivity contribution >= 4 is 34.0 Å². The number of nitrogens with zero attached hydrogens (tertiary/aromatic N) is 1. The molecule has 0 aliphatic rings. The Balaban J connectivity index is 2.05. The first-order valence-electron chi connectivity index (χ1n) is 7.29. The lowest BCUT2D eigenvalue weighted by Gasteiger charge is -2.26. The molecule has 0 bridgehead atoms. The van der Waals surface area contributed by atoms with Gasteiger partial charge in [0.1, 0.15) is 5.75 Å². The molecule has 1 aromatic heterocycles. The second-order valence-corrected chi connectivity index (χ2v) is 6.88. The van der Waals surface area contributed by atoms with Gasteiger partial charge < -0.3 is 9.29 Å². The molecule has 0 aliphatic heterocycles. The van der Waals surface area contributed by atoms with Crippen LogP contribution in [0.4, 0.5) is 11.4 Å². The summed E-state index contributed by atoms with van der Waals surface area (Å²) in [7, 11) is 1.62. The van der Waals surface area contributed by atoms with Crippen LogP contribution < -0.4 is 9.04 Å². The van der Waals surface area contributed by atoms with Crippen molar-refractivity contribution in [2.75, 3.05) is 11.4 Å². The Morgan fingerprint density at radius 3 is 2.54 bits per heavy atom. The standard InChI is InChI=1S/C18H17NO3S2/c1-13-7-3-5-9-16(13)19(24(20)21)14-11-18(23-12-14)15-8-4-6-10-17(15)22-2/h3-12H,1-2H3,(H,20,21)/p-1. The van der Waals surface area contributed by atoms with E-state index in [1.165, 1.54) is 15.6 Å². The lowest BCUT2D eigenvalue weighted by Crippen LogP contribution is -2.19. The fraction of sp³-hybridized carbons (Fsp3) is 0.111. The number of benzene rings is 2. The fourth-order valence-electron chi connectivity index (χ4n) is 2.52. The lowest BCUT2D eigenvalue weighted by atomic mass is 10.1. The zero-order valence-electron chi connectivity index (χ0n) is 13.3. The van der Waals surface area contributed by atoms with E-state index in [1.807, 2.05) is 60.8 Å². The number of rotatable bonds is 5. The molecule has 4 nitrogen and oxygen atoms in total. The smallest absolute Gasteiger partial charge is 0.127 e. The highest BCUT2D eigenvalue weighted by atomic mass is 32.2. The highest BCUT2D eigenvalue weighted by Crippen LogP contribution is 2.39. The Morgan fingerprint density at radius 2 is 1.83 bits per heavy atom. The molecular formula is C18H16NO3S2-. The third-order valence-corrected chi connectivity index (χ3v) is 5.33. The van der Waals surface area contributed by atoms with Gasteiger partial charge in [-0.05, 0) is 36.8 Å². The molecule has 0 saturated carbocycles. The number of hydrogen-bond donors (Lipinski definition) is 0. The lowest BCUT2D eigenvalue weighted by molar-refractivity contribution is 0.416. The van der Waals surface area contributed by atoms with E-state index >= 15 is 0 Å². The van der Waals surface area contributed by atoms with Gasteiger partial charge >= 0.3 is 0 Å².